The van der Waals surface area contributed by atoms with Crippen LogP contribution < -0.4 is 4.74 Å². The molecule has 0 aliphatic carbocycles. The number of methoxy groups -OCH3 is 1. The lowest BCUT2D eigenvalue weighted by Crippen LogP contribution is -2.18. The monoisotopic (exact) mass is 286 g/mol. The Morgan fingerprint density at radius 1 is 1.26 bits per heavy atom. The first-order valence-electron chi connectivity index (χ1n) is 6.04. The molecule has 1 N–H and O–H groups in total. The third-order valence-corrected chi connectivity index (χ3v) is 3.68. The molecule has 0 aliphatic rings. The number of aliphatic hydroxyl groups is 1. The van der Waals surface area contributed by atoms with E-state index < -0.39 is 12.1 Å². The molecule has 0 radical (unpaired) electrons. The Labute approximate surface area is 118 Å². The van der Waals surface area contributed by atoms with Gasteiger partial charge in [-0.25, -0.2) is 4.79 Å². The number of hydrogen-bond donors (Lipinski definition) is 1. The number of carbonyl (C=O) groups is 1. The Bertz CT molecular complexity index is 468. The molecule has 1 atom stereocenters. The van der Waals surface area contributed by atoms with Crippen LogP contribution in [0, 0.1) is 20.8 Å². The number of esters is 1. The molecule has 4 nitrogen and oxygen atoms in total. The molecule has 1 aromatic carbocycles. The zero-order valence-corrected chi connectivity index (χ0v) is 12.6. The summed E-state index contributed by atoms with van der Waals surface area (Å²) in [6.07, 6.45) is -1.33. The summed E-state index contributed by atoms with van der Waals surface area (Å²) in [7, 11) is 1.54. The molecule has 0 bridgehead atoms. The number of ether oxygens (including phenoxy) is 2. The van der Waals surface area contributed by atoms with Crippen LogP contribution in [0.5, 0.6) is 5.75 Å². The average Bonchev–Trinajstić information content (AvgIpc) is 2.37. The van der Waals surface area contributed by atoms with Crippen molar-refractivity contribution >= 4 is 17.6 Å². The van der Waals surface area contributed by atoms with Crippen molar-refractivity contribution in [2.45, 2.75) is 33.8 Å². The van der Waals surface area contributed by atoms with E-state index in [9.17, 15) is 9.90 Å². The van der Waals surface area contributed by atoms with Gasteiger partial charge in [-0.15, -0.1) is 0 Å². The molecule has 1 unspecified atom stereocenters. The van der Waals surface area contributed by atoms with Gasteiger partial charge in [0.1, 0.15) is 5.75 Å². The van der Waals surface area contributed by atoms with Crippen LogP contribution in [0.3, 0.4) is 0 Å². The second-order valence-corrected chi connectivity index (χ2v) is 4.67. The molecule has 1 rings (SSSR count). The van der Waals surface area contributed by atoms with E-state index in [1.807, 2.05) is 13.8 Å². The van der Waals surface area contributed by atoms with E-state index in [2.05, 4.69) is 0 Å². The van der Waals surface area contributed by atoms with E-state index in [0.717, 1.165) is 11.1 Å². The minimum absolute atomic E-state index is 0.219. The predicted octanol–water partition coefficient (Wildman–Crippen LogP) is 2.87. The van der Waals surface area contributed by atoms with Gasteiger partial charge in [0, 0.05) is 0 Å². The average molecular weight is 287 g/mol. The first kappa shape index (κ1) is 15.8. The van der Waals surface area contributed by atoms with Crippen molar-refractivity contribution in [1.82, 2.24) is 0 Å². The maximum absolute atomic E-state index is 11.7. The number of halogens is 1. The normalized spacial score (nSPS) is 12.2. The molecule has 0 aromatic heterocycles. The maximum Gasteiger partial charge on any atom is 0.339 e. The van der Waals surface area contributed by atoms with Crippen LogP contribution in [0.15, 0.2) is 0 Å². The largest absolute Gasteiger partial charge is 0.495 e. The van der Waals surface area contributed by atoms with Gasteiger partial charge in [0.15, 0.2) is 6.10 Å². The van der Waals surface area contributed by atoms with E-state index in [1.54, 1.807) is 13.8 Å². The van der Waals surface area contributed by atoms with Crippen LogP contribution in [-0.4, -0.2) is 24.8 Å². The summed E-state index contributed by atoms with van der Waals surface area (Å²) in [5.41, 5.74) is 2.69. The summed E-state index contributed by atoms with van der Waals surface area (Å²) >= 11 is 6.21. The lowest BCUT2D eigenvalue weighted by Gasteiger charge is -2.21. The highest BCUT2D eigenvalue weighted by atomic mass is 35.5. The fraction of sp³-hybridized carbons (Fsp3) is 0.500. The van der Waals surface area contributed by atoms with Crippen LogP contribution in [0.4, 0.5) is 0 Å². The van der Waals surface area contributed by atoms with E-state index in [-0.39, 0.29) is 6.61 Å². The van der Waals surface area contributed by atoms with Gasteiger partial charge in [-0.1, -0.05) is 11.6 Å². The second-order valence-electron chi connectivity index (χ2n) is 4.29. The summed E-state index contributed by atoms with van der Waals surface area (Å²) in [5, 5.41) is 10.5. The Morgan fingerprint density at radius 3 is 2.32 bits per heavy atom. The molecular weight excluding hydrogens is 268 g/mol. The molecule has 0 aliphatic heterocycles. The highest BCUT2D eigenvalue weighted by Crippen LogP contribution is 2.39. The molecule has 5 heteroatoms. The van der Waals surface area contributed by atoms with Gasteiger partial charge in [0.2, 0.25) is 0 Å². The van der Waals surface area contributed by atoms with Gasteiger partial charge < -0.3 is 14.6 Å². The maximum atomic E-state index is 11.7. The van der Waals surface area contributed by atoms with Gasteiger partial charge in [-0.2, -0.15) is 0 Å². The molecule has 0 heterocycles. The van der Waals surface area contributed by atoms with Crippen LogP contribution in [0.2, 0.25) is 5.02 Å². The van der Waals surface area contributed by atoms with E-state index in [4.69, 9.17) is 21.1 Å². The summed E-state index contributed by atoms with van der Waals surface area (Å²) in [6.45, 7) is 7.31. The third kappa shape index (κ3) is 2.85. The zero-order chi connectivity index (χ0) is 14.7. The number of rotatable bonds is 4. The van der Waals surface area contributed by atoms with Gasteiger partial charge in [-0.05, 0) is 49.9 Å². The van der Waals surface area contributed by atoms with Gasteiger partial charge in [0.25, 0.3) is 0 Å². The quantitative estimate of drug-likeness (QED) is 0.865. The SMILES string of the molecule is CCOC(=O)C(O)c1c(C)c(C)c(OC)c(Cl)c1C. The Kier molecular flexibility index (Phi) is 5.20. The summed E-state index contributed by atoms with van der Waals surface area (Å²) < 4.78 is 10.1. The predicted molar refractivity (Wildman–Crippen MR) is 73.8 cm³/mol. The molecule has 0 fully saturated rings. The van der Waals surface area contributed by atoms with Crippen molar-refractivity contribution in [2.24, 2.45) is 0 Å². The lowest BCUT2D eigenvalue weighted by atomic mass is 9.93. The number of hydrogen-bond acceptors (Lipinski definition) is 4. The zero-order valence-electron chi connectivity index (χ0n) is 11.8. The number of benzene rings is 1. The van der Waals surface area contributed by atoms with Crippen molar-refractivity contribution in [1.29, 1.82) is 0 Å². The fourth-order valence-corrected chi connectivity index (χ4v) is 2.42. The standard InChI is InChI=1S/C14H19ClO4/c1-6-19-14(17)12(16)10-7(2)8(3)13(18-5)11(15)9(10)4/h12,16H,6H2,1-5H3. The van der Waals surface area contributed by atoms with Gasteiger partial charge in [0.05, 0.1) is 18.7 Å². The van der Waals surface area contributed by atoms with Gasteiger partial charge >= 0.3 is 5.97 Å². The Balaban J connectivity index is 3.41. The highest BCUT2D eigenvalue weighted by Gasteiger charge is 2.26. The molecular formula is C14H19ClO4. The van der Waals surface area contributed by atoms with E-state index in [1.165, 1.54) is 7.11 Å². The van der Waals surface area contributed by atoms with Crippen molar-refractivity contribution in [3.05, 3.63) is 27.3 Å². The molecule has 0 saturated carbocycles. The molecule has 19 heavy (non-hydrogen) atoms. The van der Waals surface area contributed by atoms with Crippen LogP contribution >= 0.6 is 11.6 Å². The van der Waals surface area contributed by atoms with Crippen molar-refractivity contribution in [2.75, 3.05) is 13.7 Å². The molecule has 0 spiro atoms. The molecule has 1 aromatic rings. The van der Waals surface area contributed by atoms with Crippen molar-refractivity contribution < 1.29 is 19.4 Å². The van der Waals surface area contributed by atoms with Crippen LogP contribution in [0.25, 0.3) is 0 Å². The van der Waals surface area contributed by atoms with Crippen molar-refractivity contribution in [3.8, 4) is 5.75 Å². The first-order valence-corrected chi connectivity index (χ1v) is 6.42. The lowest BCUT2D eigenvalue weighted by molar-refractivity contribution is -0.153. The first-order chi connectivity index (χ1) is 8.86. The highest BCUT2D eigenvalue weighted by molar-refractivity contribution is 6.33. The molecule has 106 valence electrons. The number of aliphatic hydroxyl groups excluding tert-OH is 1. The summed E-state index contributed by atoms with van der Waals surface area (Å²) in [4.78, 5) is 11.7. The van der Waals surface area contributed by atoms with Crippen LogP contribution in [0.1, 0.15) is 35.3 Å². The van der Waals surface area contributed by atoms with Crippen molar-refractivity contribution in [3.63, 3.8) is 0 Å². The van der Waals surface area contributed by atoms with E-state index >= 15 is 0 Å². The minimum atomic E-state index is -1.33. The smallest absolute Gasteiger partial charge is 0.339 e. The third-order valence-electron chi connectivity index (χ3n) is 3.23. The van der Waals surface area contributed by atoms with Gasteiger partial charge in [-0.3, -0.25) is 0 Å². The topological polar surface area (TPSA) is 55.8 Å². The summed E-state index contributed by atoms with van der Waals surface area (Å²) in [6, 6.07) is 0. The fourth-order valence-electron chi connectivity index (χ4n) is 2.10. The molecule has 0 saturated heterocycles. The second kappa shape index (κ2) is 6.26. The van der Waals surface area contributed by atoms with Crippen LogP contribution in [-0.2, 0) is 9.53 Å². The Hall–Kier alpha value is -1.26. The summed E-state index contributed by atoms with van der Waals surface area (Å²) in [5.74, 6) is -0.106. The Morgan fingerprint density at radius 2 is 1.84 bits per heavy atom. The molecule has 0 amide bonds. The van der Waals surface area contributed by atoms with E-state index in [0.29, 0.717) is 21.9 Å². The minimum Gasteiger partial charge on any atom is -0.495 e. The number of carbonyl (C=O) groups excluding carboxylic acids is 1.